The van der Waals surface area contributed by atoms with Gasteiger partial charge in [-0.25, -0.2) is 0 Å². The van der Waals surface area contributed by atoms with Gasteiger partial charge in [0.25, 0.3) is 5.91 Å². The molecule has 0 saturated carbocycles. The lowest BCUT2D eigenvalue weighted by atomic mass is 10.1. The number of aryl methyl sites for hydroxylation is 3. The van der Waals surface area contributed by atoms with Crippen LogP contribution in [0.4, 0.5) is 5.69 Å². The Bertz CT molecular complexity index is 648. The summed E-state index contributed by atoms with van der Waals surface area (Å²) >= 11 is 0. The van der Waals surface area contributed by atoms with Crippen LogP contribution in [0.2, 0.25) is 0 Å². The summed E-state index contributed by atoms with van der Waals surface area (Å²) in [7, 11) is 1.88. The number of nitrogen functional groups attached to an aromatic ring is 1. The highest BCUT2D eigenvalue weighted by Crippen LogP contribution is 2.15. The predicted octanol–water partition coefficient (Wildman–Crippen LogP) is 1.51. The van der Waals surface area contributed by atoms with Crippen molar-refractivity contribution in [1.29, 1.82) is 0 Å². The van der Waals surface area contributed by atoms with E-state index in [9.17, 15) is 4.79 Å². The van der Waals surface area contributed by atoms with E-state index in [0.29, 0.717) is 12.1 Å². The van der Waals surface area contributed by atoms with Crippen LogP contribution in [0.25, 0.3) is 0 Å². The van der Waals surface area contributed by atoms with E-state index in [1.807, 2.05) is 26.2 Å². The van der Waals surface area contributed by atoms with Gasteiger partial charge in [0.2, 0.25) is 0 Å². The van der Waals surface area contributed by atoms with Crippen molar-refractivity contribution in [2.75, 3.05) is 5.43 Å². The number of benzene rings is 1. The van der Waals surface area contributed by atoms with E-state index >= 15 is 0 Å². The Morgan fingerprint density at radius 2 is 2.19 bits per heavy atom. The van der Waals surface area contributed by atoms with Gasteiger partial charge in [0.05, 0.1) is 11.4 Å². The lowest BCUT2D eigenvalue weighted by molar-refractivity contribution is 0.0951. The van der Waals surface area contributed by atoms with Gasteiger partial charge in [-0.1, -0.05) is 6.92 Å². The molecule has 0 saturated heterocycles. The third kappa shape index (κ3) is 3.41. The average Bonchev–Trinajstić information content (AvgIpc) is 2.84. The van der Waals surface area contributed by atoms with Crippen molar-refractivity contribution < 1.29 is 4.79 Å². The molecule has 2 rings (SSSR count). The Morgan fingerprint density at radius 1 is 1.43 bits per heavy atom. The largest absolute Gasteiger partial charge is 0.348 e. The van der Waals surface area contributed by atoms with Gasteiger partial charge in [0.1, 0.15) is 0 Å². The zero-order chi connectivity index (χ0) is 15.4. The van der Waals surface area contributed by atoms with Crippen molar-refractivity contribution in [3.05, 3.63) is 46.8 Å². The highest BCUT2D eigenvalue weighted by molar-refractivity contribution is 5.94. The molecule has 112 valence electrons. The molecule has 0 spiro atoms. The minimum absolute atomic E-state index is 0.104. The van der Waals surface area contributed by atoms with Crippen LogP contribution in [0.3, 0.4) is 0 Å². The summed E-state index contributed by atoms with van der Waals surface area (Å²) in [5.74, 6) is 5.28. The Morgan fingerprint density at radius 3 is 2.81 bits per heavy atom. The third-order valence-corrected chi connectivity index (χ3v) is 3.41. The molecule has 2 aromatic rings. The molecule has 0 aliphatic carbocycles. The Kier molecular flexibility index (Phi) is 4.59. The molecule has 6 heteroatoms. The number of nitrogens with one attached hydrogen (secondary N) is 2. The first-order chi connectivity index (χ1) is 10.0. The van der Waals surface area contributed by atoms with E-state index in [-0.39, 0.29) is 5.91 Å². The molecule has 0 fully saturated rings. The van der Waals surface area contributed by atoms with E-state index in [2.05, 4.69) is 22.8 Å². The van der Waals surface area contributed by atoms with E-state index in [4.69, 9.17) is 5.84 Å². The van der Waals surface area contributed by atoms with Crippen LogP contribution in [-0.2, 0) is 20.0 Å². The van der Waals surface area contributed by atoms with Gasteiger partial charge >= 0.3 is 0 Å². The van der Waals surface area contributed by atoms with Crippen molar-refractivity contribution in [3.8, 4) is 0 Å². The van der Waals surface area contributed by atoms with Gasteiger partial charge < -0.3 is 10.7 Å². The van der Waals surface area contributed by atoms with Gasteiger partial charge in [-0.15, -0.1) is 0 Å². The van der Waals surface area contributed by atoms with E-state index in [1.54, 1.807) is 16.8 Å². The molecular formula is C15H21N5O. The van der Waals surface area contributed by atoms with Crippen LogP contribution in [-0.4, -0.2) is 15.7 Å². The maximum absolute atomic E-state index is 12.2. The van der Waals surface area contributed by atoms with Gasteiger partial charge in [-0.3, -0.25) is 15.3 Å². The highest BCUT2D eigenvalue weighted by Gasteiger charge is 2.10. The molecule has 21 heavy (non-hydrogen) atoms. The number of anilines is 1. The maximum Gasteiger partial charge on any atom is 0.251 e. The number of carbonyl (C=O) groups excluding carboxylic acids is 1. The smallest absolute Gasteiger partial charge is 0.251 e. The molecular weight excluding hydrogens is 266 g/mol. The summed E-state index contributed by atoms with van der Waals surface area (Å²) in [6.45, 7) is 4.43. The first-order valence-electron chi connectivity index (χ1n) is 6.92. The molecule has 4 N–H and O–H groups in total. The van der Waals surface area contributed by atoms with Crippen LogP contribution in [0.5, 0.6) is 0 Å². The second-order valence-electron chi connectivity index (χ2n) is 4.98. The van der Waals surface area contributed by atoms with Crippen LogP contribution < -0.4 is 16.6 Å². The fourth-order valence-electron chi connectivity index (χ4n) is 2.27. The van der Waals surface area contributed by atoms with Crippen LogP contribution >= 0.6 is 0 Å². The molecule has 0 radical (unpaired) electrons. The van der Waals surface area contributed by atoms with Gasteiger partial charge in [-0.05, 0) is 37.1 Å². The lowest BCUT2D eigenvalue weighted by Gasteiger charge is -2.08. The number of carbonyl (C=O) groups is 1. The Hall–Kier alpha value is -2.34. The van der Waals surface area contributed by atoms with E-state index in [0.717, 1.165) is 28.9 Å². The highest BCUT2D eigenvalue weighted by atomic mass is 16.1. The minimum atomic E-state index is -0.104. The number of hydrogen-bond donors (Lipinski definition) is 3. The molecule has 1 heterocycles. The molecule has 0 aliphatic heterocycles. The predicted molar refractivity (Wildman–Crippen MR) is 82.7 cm³/mol. The van der Waals surface area contributed by atoms with Gasteiger partial charge in [0, 0.05) is 30.9 Å². The number of nitrogens with two attached hydrogens (primary N) is 1. The van der Waals surface area contributed by atoms with E-state index in [1.165, 1.54) is 0 Å². The molecule has 6 nitrogen and oxygen atoms in total. The second kappa shape index (κ2) is 6.41. The molecule has 0 unspecified atom stereocenters. The SMILES string of the molecule is CCc1nn(C)cc1CNC(=O)c1ccc(NN)c(C)c1. The Labute approximate surface area is 124 Å². The molecule has 0 bridgehead atoms. The monoisotopic (exact) mass is 287 g/mol. The fraction of sp³-hybridized carbons (Fsp3) is 0.333. The van der Waals surface area contributed by atoms with Crippen molar-refractivity contribution in [3.63, 3.8) is 0 Å². The average molecular weight is 287 g/mol. The number of hydrazine groups is 1. The first-order valence-corrected chi connectivity index (χ1v) is 6.92. The fourth-order valence-corrected chi connectivity index (χ4v) is 2.27. The molecule has 0 atom stereocenters. The molecule has 1 amide bonds. The normalized spacial score (nSPS) is 10.5. The van der Waals surface area contributed by atoms with Crippen molar-refractivity contribution in [1.82, 2.24) is 15.1 Å². The summed E-state index contributed by atoms with van der Waals surface area (Å²) < 4.78 is 1.77. The number of amides is 1. The summed E-state index contributed by atoms with van der Waals surface area (Å²) in [5, 5.41) is 7.28. The number of hydrogen-bond acceptors (Lipinski definition) is 4. The van der Waals surface area contributed by atoms with Gasteiger partial charge in [-0.2, -0.15) is 5.10 Å². The molecule has 1 aromatic heterocycles. The third-order valence-electron chi connectivity index (χ3n) is 3.41. The molecule has 1 aromatic carbocycles. The number of rotatable bonds is 5. The maximum atomic E-state index is 12.2. The van der Waals surface area contributed by atoms with Crippen molar-refractivity contribution in [2.45, 2.75) is 26.8 Å². The summed E-state index contributed by atoms with van der Waals surface area (Å²) in [6, 6.07) is 5.36. The van der Waals surface area contributed by atoms with Crippen molar-refractivity contribution >= 4 is 11.6 Å². The van der Waals surface area contributed by atoms with E-state index < -0.39 is 0 Å². The quantitative estimate of drug-likeness (QED) is 0.575. The van der Waals surface area contributed by atoms with Crippen LogP contribution in [0, 0.1) is 6.92 Å². The van der Waals surface area contributed by atoms with Crippen molar-refractivity contribution in [2.24, 2.45) is 12.9 Å². The molecule has 0 aliphatic rings. The first kappa shape index (κ1) is 15.1. The van der Waals surface area contributed by atoms with Gasteiger partial charge in [0.15, 0.2) is 0 Å². The van der Waals surface area contributed by atoms with Crippen LogP contribution in [0.1, 0.15) is 34.1 Å². The second-order valence-corrected chi connectivity index (χ2v) is 4.98. The standard InChI is InChI=1S/C15H21N5O/c1-4-13-12(9-20(3)19-13)8-17-15(21)11-5-6-14(18-16)10(2)7-11/h5-7,9,18H,4,8,16H2,1-3H3,(H,17,21). The minimum Gasteiger partial charge on any atom is -0.348 e. The summed E-state index contributed by atoms with van der Waals surface area (Å²) in [6.07, 6.45) is 2.79. The Balaban J connectivity index is 2.06. The number of nitrogens with zero attached hydrogens (tertiary/aromatic N) is 2. The number of aromatic nitrogens is 2. The summed E-state index contributed by atoms with van der Waals surface area (Å²) in [5.41, 5.74) is 7.01. The zero-order valence-electron chi connectivity index (χ0n) is 12.6. The summed E-state index contributed by atoms with van der Waals surface area (Å²) in [4.78, 5) is 12.2. The topological polar surface area (TPSA) is 85.0 Å². The van der Waals surface area contributed by atoms with Crippen LogP contribution in [0.15, 0.2) is 24.4 Å². The lowest BCUT2D eigenvalue weighted by Crippen LogP contribution is -2.23. The zero-order valence-corrected chi connectivity index (χ0v) is 12.6.